The summed E-state index contributed by atoms with van der Waals surface area (Å²) in [5.41, 5.74) is 1.61. The van der Waals surface area contributed by atoms with E-state index < -0.39 is 0 Å². The topological polar surface area (TPSA) is 40.1 Å². The Bertz CT molecular complexity index is 592. The van der Waals surface area contributed by atoms with Gasteiger partial charge >= 0.3 is 0 Å². The molecule has 7 heteroatoms. The van der Waals surface area contributed by atoms with Gasteiger partial charge in [0.05, 0.1) is 13.2 Å². The number of halogens is 2. The van der Waals surface area contributed by atoms with E-state index in [0.717, 1.165) is 57.3 Å². The van der Waals surface area contributed by atoms with Crippen molar-refractivity contribution in [3.63, 3.8) is 0 Å². The molecule has 0 aliphatic carbocycles. The number of rotatable bonds is 3. The lowest BCUT2D eigenvalue weighted by molar-refractivity contribution is 0.0195. The molecule has 3 rings (SSSR count). The fourth-order valence-electron chi connectivity index (χ4n) is 3.43. The lowest BCUT2D eigenvalue weighted by Crippen LogP contribution is -2.46. The number of benzene rings is 1. The van der Waals surface area contributed by atoms with Crippen molar-refractivity contribution in [2.24, 2.45) is 4.99 Å². The van der Waals surface area contributed by atoms with Crippen LogP contribution in [0, 0.1) is 12.7 Å². The molecule has 0 spiro atoms. The minimum atomic E-state index is -0.155. The molecule has 2 saturated heterocycles. The van der Waals surface area contributed by atoms with E-state index in [2.05, 4.69) is 20.1 Å². The Morgan fingerprint density at radius 3 is 2.76 bits per heavy atom. The van der Waals surface area contributed by atoms with Crippen molar-refractivity contribution >= 4 is 29.9 Å². The number of nitrogens with one attached hydrogen (secondary N) is 1. The van der Waals surface area contributed by atoms with E-state index in [4.69, 9.17) is 4.74 Å². The van der Waals surface area contributed by atoms with E-state index in [1.54, 1.807) is 20.0 Å². The molecule has 1 aromatic rings. The van der Waals surface area contributed by atoms with Crippen LogP contribution in [0.4, 0.5) is 4.39 Å². The Morgan fingerprint density at radius 2 is 2.08 bits per heavy atom. The predicted octanol–water partition coefficient (Wildman–Crippen LogP) is 2.23. The molecule has 2 fully saturated rings. The van der Waals surface area contributed by atoms with Crippen molar-refractivity contribution in [1.82, 2.24) is 15.1 Å². The first-order chi connectivity index (χ1) is 11.7. The maximum Gasteiger partial charge on any atom is 0.193 e. The zero-order chi connectivity index (χ0) is 16.9. The molecule has 0 radical (unpaired) electrons. The summed E-state index contributed by atoms with van der Waals surface area (Å²) < 4.78 is 19.1. The van der Waals surface area contributed by atoms with E-state index in [9.17, 15) is 4.39 Å². The molecule has 0 saturated carbocycles. The smallest absolute Gasteiger partial charge is 0.193 e. The van der Waals surface area contributed by atoms with Crippen molar-refractivity contribution < 1.29 is 9.13 Å². The molecule has 0 aromatic heterocycles. The molecule has 2 heterocycles. The fourth-order valence-corrected chi connectivity index (χ4v) is 3.43. The SMILES string of the molecule is CN=C(NCc1ccc(C)c(F)c1)N1CCC(N2CCOCC2)C1.I. The highest BCUT2D eigenvalue weighted by Gasteiger charge is 2.30. The number of hydrogen-bond acceptors (Lipinski definition) is 3. The maximum atomic E-state index is 13.7. The molecule has 140 valence electrons. The van der Waals surface area contributed by atoms with Crippen molar-refractivity contribution in [2.45, 2.75) is 25.9 Å². The second-order valence-electron chi connectivity index (χ2n) is 6.52. The highest BCUT2D eigenvalue weighted by molar-refractivity contribution is 14.0. The van der Waals surface area contributed by atoms with Gasteiger partial charge in [0.1, 0.15) is 5.82 Å². The van der Waals surface area contributed by atoms with Crippen molar-refractivity contribution in [2.75, 3.05) is 46.4 Å². The van der Waals surface area contributed by atoms with E-state index in [-0.39, 0.29) is 29.8 Å². The Hall–Kier alpha value is -0.930. The number of likely N-dealkylation sites (tertiary alicyclic amines) is 1. The van der Waals surface area contributed by atoms with Gasteiger partial charge in [-0.15, -0.1) is 24.0 Å². The van der Waals surface area contributed by atoms with Crippen LogP contribution in [0.1, 0.15) is 17.5 Å². The van der Waals surface area contributed by atoms with Gasteiger partial charge in [-0.2, -0.15) is 0 Å². The van der Waals surface area contributed by atoms with Gasteiger partial charge in [0.25, 0.3) is 0 Å². The van der Waals surface area contributed by atoms with Gasteiger partial charge in [0.2, 0.25) is 0 Å². The molecule has 0 amide bonds. The Balaban J connectivity index is 0.00000225. The van der Waals surface area contributed by atoms with Gasteiger partial charge in [-0.3, -0.25) is 9.89 Å². The highest BCUT2D eigenvalue weighted by Crippen LogP contribution is 2.17. The third kappa shape index (κ3) is 5.27. The van der Waals surface area contributed by atoms with Gasteiger partial charge in [0, 0.05) is 45.8 Å². The number of hydrogen-bond donors (Lipinski definition) is 1. The van der Waals surface area contributed by atoms with Crippen LogP contribution < -0.4 is 5.32 Å². The molecule has 1 N–H and O–H groups in total. The first-order valence-corrected chi connectivity index (χ1v) is 8.70. The molecule has 2 aliphatic rings. The number of guanidine groups is 1. The van der Waals surface area contributed by atoms with Crippen LogP contribution in [0.25, 0.3) is 0 Å². The summed E-state index contributed by atoms with van der Waals surface area (Å²) in [7, 11) is 1.81. The number of nitrogens with zero attached hydrogens (tertiary/aromatic N) is 3. The molecule has 0 bridgehead atoms. The van der Waals surface area contributed by atoms with Gasteiger partial charge in [-0.25, -0.2) is 4.39 Å². The Morgan fingerprint density at radius 1 is 1.32 bits per heavy atom. The standard InChI is InChI=1S/C18H27FN4O.HI/c1-14-3-4-15(11-17(14)19)12-21-18(20-2)23-6-5-16(13-23)22-7-9-24-10-8-22;/h3-4,11,16H,5-10,12-13H2,1-2H3,(H,20,21);1H. The predicted molar refractivity (Wildman–Crippen MR) is 109 cm³/mol. The first kappa shape index (κ1) is 20.4. The summed E-state index contributed by atoms with van der Waals surface area (Å²) in [6.07, 6.45) is 1.15. The van der Waals surface area contributed by atoms with Crippen LogP contribution >= 0.6 is 24.0 Å². The van der Waals surface area contributed by atoms with Crippen molar-refractivity contribution in [3.05, 3.63) is 35.1 Å². The second kappa shape index (κ2) is 9.68. The third-order valence-electron chi connectivity index (χ3n) is 4.92. The number of morpholine rings is 1. The van der Waals surface area contributed by atoms with Crippen LogP contribution in [0.15, 0.2) is 23.2 Å². The fraction of sp³-hybridized carbons (Fsp3) is 0.611. The summed E-state index contributed by atoms with van der Waals surface area (Å²) in [4.78, 5) is 9.22. The Kier molecular flexibility index (Phi) is 7.89. The zero-order valence-corrected chi connectivity index (χ0v) is 17.3. The quantitative estimate of drug-likeness (QED) is 0.425. The largest absolute Gasteiger partial charge is 0.379 e. The molecule has 1 atom stereocenters. The van der Waals surface area contributed by atoms with Gasteiger partial charge in [-0.05, 0) is 30.5 Å². The normalized spacial score (nSPS) is 22.0. The number of ether oxygens (including phenoxy) is 1. The van der Waals surface area contributed by atoms with Crippen molar-refractivity contribution in [1.29, 1.82) is 0 Å². The average Bonchev–Trinajstić information content (AvgIpc) is 3.09. The van der Waals surface area contributed by atoms with Gasteiger partial charge < -0.3 is 15.0 Å². The van der Waals surface area contributed by atoms with Crippen LogP contribution in [0.5, 0.6) is 0 Å². The van der Waals surface area contributed by atoms with Gasteiger partial charge in [0.15, 0.2) is 5.96 Å². The summed E-state index contributed by atoms with van der Waals surface area (Å²) in [5.74, 6) is 0.740. The van der Waals surface area contributed by atoms with Crippen LogP contribution in [0.2, 0.25) is 0 Å². The van der Waals surface area contributed by atoms with E-state index in [1.807, 2.05) is 12.1 Å². The summed E-state index contributed by atoms with van der Waals surface area (Å²) in [6.45, 7) is 8.07. The maximum absolute atomic E-state index is 13.7. The van der Waals surface area contributed by atoms with E-state index >= 15 is 0 Å². The summed E-state index contributed by atoms with van der Waals surface area (Å²) in [6, 6.07) is 5.94. The third-order valence-corrected chi connectivity index (χ3v) is 4.92. The number of aryl methyl sites for hydroxylation is 1. The van der Waals surface area contributed by atoms with Crippen LogP contribution in [-0.2, 0) is 11.3 Å². The molecule has 2 aliphatic heterocycles. The first-order valence-electron chi connectivity index (χ1n) is 8.70. The lowest BCUT2D eigenvalue weighted by Gasteiger charge is -2.32. The minimum Gasteiger partial charge on any atom is -0.379 e. The summed E-state index contributed by atoms with van der Waals surface area (Å²) in [5, 5.41) is 3.36. The molecular weight excluding hydrogens is 434 g/mol. The van der Waals surface area contributed by atoms with Crippen molar-refractivity contribution in [3.8, 4) is 0 Å². The highest BCUT2D eigenvalue weighted by atomic mass is 127. The van der Waals surface area contributed by atoms with Crippen LogP contribution in [0.3, 0.4) is 0 Å². The molecule has 5 nitrogen and oxygen atoms in total. The summed E-state index contributed by atoms with van der Waals surface area (Å²) >= 11 is 0. The second-order valence-corrected chi connectivity index (χ2v) is 6.52. The molecule has 1 aromatic carbocycles. The van der Waals surface area contributed by atoms with E-state index in [1.165, 1.54) is 0 Å². The molecule has 1 unspecified atom stereocenters. The van der Waals surface area contributed by atoms with E-state index in [0.29, 0.717) is 18.2 Å². The number of aliphatic imine (C=N–C) groups is 1. The average molecular weight is 462 g/mol. The zero-order valence-electron chi connectivity index (χ0n) is 15.0. The molecule has 25 heavy (non-hydrogen) atoms. The van der Waals surface area contributed by atoms with Gasteiger partial charge in [-0.1, -0.05) is 12.1 Å². The Labute approximate surface area is 166 Å². The van der Waals surface area contributed by atoms with Crippen LogP contribution in [-0.4, -0.2) is 68.2 Å². The monoisotopic (exact) mass is 462 g/mol. The lowest BCUT2D eigenvalue weighted by atomic mass is 10.1. The minimum absolute atomic E-state index is 0. The molecular formula is C18H28FIN4O.